The fourth-order valence-corrected chi connectivity index (χ4v) is 2.55. The van der Waals surface area contributed by atoms with E-state index in [2.05, 4.69) is 19.1 Å². The lowest BCUT2D eigenvalue weighted by Gasteiger charge is -2.28. The number of hydrogen-bond acceptors (Lipinski definition) is 2. The first kappa shape index (κ1) is 12.4. The smallest absolute Gasteiger partial charge is 0.119 e. The number of ether oxygens (including phenoxy) is 1. The molecule has 1 aromatic carbocycles. The zero-order chi connectivity index (χ0) is 12.1. The zero-order valence-electron chi connectivity index (χ0n) is 10.6. The van der Waals surface area contributed by atoms with Crippen LogP contribution in [0.2, 0.25) is 0 Å². The second kappa shape index (κ2) is 6.06. The van der Waals surface area contributed by atoms with E-state index in [0.29, 0.717) is 5.92 Å². The van der Waals surface area contributed by atoms with E-state index in [1.54, 1.807) is 0 Å². The zero-order valence-corrected chi connectivity index (χ0v) is 10.6. The van der Waals surface area contributed by atoms with Crippen molar-refractivity contribution in [3.8, 4) is 5.75 Å². The highest BCUT2D eigenvalue weighted by molar-refractivity contribution is 5.31. The topological polar surface area (TPSA) is 29.5 Å². The molecule has 1 aliphatic rings. The molecule has 0 bridgehead atoms. The van der Waals surface area contributed by atoms with E-state index in [1.165, 1.54) is 12.0 Å². The molecule has 1 aromatic rings. The normalized spacial score (nSPS) is 24.6. The van der Waals surface area contributed by atoms with Crippen molar-refractivity contribution >= 4 is 0 Å². The van der Waals surface area contributed by atoms with Gasteiger partial charge in [-0.3, -0.25) is 0 Å². The number of aliphatic hydroxyl groups excluding tert-OH is 1. The minimum atomic E-state index is -0.176. The van der Waals surface area contributed by atoms with Crippen LogP contribution in [0.1, 0.15) is 50.5 Å². The summed E-state index contributed by atoms with van der Waals surface area (Å²) in [6.07, 6.45) is 5.26. The van der Waals surface area contributed by atoms with Crippen molar-refractivity contribution < 1.29 is 9.84 Å². The van der Waals surface area contributed by atoms with Gasteiger partial charge in [0.15, 0.2) is 0 Å². The van der Waals surface area contributed by atoms with Gasteiger partial charge in [0.1, 0.15) is 5.75 Å². The maximum atomic E-state index is 10.0. The highest BCUT2D eigenvalue weighted by atomic mass is 16.5. The van der Waals surface area contributed by atoms with Gasteiger partial charge >= 0.3 is 0 Å². The molecule has 1 saturated carbocycles. The van der Waals surface area contributed by atoms with Gasteiger partial charge in [-0.05, 0) is 37.0 Å². The van der Waals surface area contributed by atoms with Gasteiger partial charge in [0.05, 0.1) is 12.7 Å². The second-order valence-electron chi connectivity index (χ2n) is 4.88. The van der Waals surface area contributed by atoms with Crippen molar-refractivity contribution in [2.24, 2.45) is 0 Å². The predicted molar refractivity (Wildman–Crippen MR) is 69.4 cm³/mol. The average molecular weight is 234 g/mol. The molecule has 2 heteroatoms. The van der Waals surface area contributed by atoms with E-state index >= 15 is 0 Å². The van der Waals surface area contributed by atoms with E-state index < -0.39 is 0 Å². The molecule has 1 fully saturated rings. The Morgan fingerprint density at radius 2 is 2.12 bits per heavy atom. The van der Waals surface area contributed by atoms with Crippen molar-refractivity contribution in [3.63, 3.8) is 0 Å². The molecule has 2 atom stereocenters. The van der Waals surface area contributed by atoms with Crippen molar-refractivity contribution in [3.05, 3.63) is 29.8 Å². The highest BCUT2D eigenvalue weighted by Crippen LogP contribution is 2.34. The molecule has 17 heavy (non-hydrogen) atoms. The van der Waals surface area contributed by atoms with Crippen LogP contribution in [0.5, 0.6) is 5.75 Å². The summed E-state index contributed by atoms with van der Waals surface area (Å²) < 4.78 is 5.64. The van der Waals surface area contributed by atoms with Crippen LogP contribution in [-0.4, -0.2) is 17.8 Å². The Labute approximate surface area is 104 Å². The summed E-state index contributed by atoms with van der Waals surface area (Å²) in [5.41, 5.74) is 1.23. The highest BCUT2D eigenvalue weighted by Gasteiger charge is 2.24. The van der Waals surface area contributed by atoms with Crippen molar-refractivity contribution in [2.45, 2.75) is 51.0 Å². The summed E-state index contributed by atoms with van der Waals surface area (Å²) in [4.78, 5) is 0. The van der Waals surface area contributed by atoms with Crippen molar-refractivity contribution in [1.82, 2.24) is 0 Å². The van der Waals surface area contributed by atoms with Crippen LogP contribution >= 0.6 is 0 Å². The SMILES string of the molecule is CCCOc1cccc([C@@H]2CCCC[C@H]2O)c1. The largest absolute Gasteiger partial charge is 0.494 e. The van der Waals surface area contributed by atoms with Gasteiger partial charge in [-0.2, -0.15) is 0 Å². The third-order valence-electron chi connectivity index (χ3n) is 3.49. The van der Waals surface area contributed by atoms with Crippen LogP contribution in [0.25, 0.3) is 0 Å². The van der Waals surface area contributed by atoms with Gasteiger partial charge in [-0.15, -0.1) is 0 Å². The Morgan fingerprint density at radius 1 is 1.29 bits per heavy atom. The fourth-order valence-electron chi connectivity index (χ4n) is 2.55. The Hall–Kier alpha value is -1.02. The molecule has 1 aliphatic carbocycles. The number of rotatable bonds is 4. The Kier molecular flexibility index (Phi) is 4.43. The van der Waals surface area contributed by atoms with Crippen LogP contribution in [-0.2, 0) is 0 Å². The lowest BCUT2D eigenvalue weighted by molar-refractivity contribution is 0.106. The monoisotopic (exact) mass is 234 g/mol. The van der Waals surface area contributed by atoms with Gasteiger partial charge < -0.3 is 9.84 Å². The molecule has 0 unspecified atom stereocenters. The van der Waals surface area contributed by atoms with Crippen LogP contribution in [0, 0.1) is 0 Å². The lowest BCUT2D eigenvalue weighted by atomic mass is 9.82. The molecule has 0 spiro atoms. The molecule has 0 aromatic heterocycles. The van der Waals surface area contributed by atoms with Crippen molar-refractivity contribution in [2.75, 3.05) is 6.61 Å². The van der Waals surface area contributed by atoms with Crippen LogP contribution in [0.15, 0.2) is 24.3 Å². The summed E-state index contributed by atoms with van der Waals surface area (Å²) in [6, 6.07) is 8.23. The summed E-state index contributed by atoms with van der Waals surface area (Å²) >= 11 is 0. The molecule has 0 radical (unpaired) electrons. The van der Waals surface area contributed by atoms with E-state index in [0.717, 1.165) is 38.0 Å². The summed E-state index contributed by atoms with van der Waals surface area (Å²) in [7, 11) is 0. The number of benzene rings is 1. The molecule has 1 N–H and O–H groups in total. The average Bonchev–Trinajstić information content (AvgIpc) is 2.37. The van der Waals surface area contributed by atoms with Crippen LogP contribution in [0.3, 0.4) is 0 Å². The first-order chi connectivity index (χ1) is 8.31. The predicted octanol–water partition coefficient (Wildman–Crippen LogP) is 3.49. The molecule has 2 nitrogen and oxygen atoms in total. The molecule has 2 rings (SSSR count). The van der Waals surface area contributed by atoms with Crippen LogP contribution in [0.4, 0.5) is 0 Å². The number of hydrogen-bond donors (Lipinski definition) is 1. The van der Waals surface area contributed by atoms with Gasteiger partial charge in [-0.25, -0.2) is 0 Å². The van der Waals surface area contributed by atoms with Gasteiger partial charge in [0.25, 0.3) is 0 Å². The molecule has 0 heterocycles. The van der Waals surface area contributed by atoms with Gasteiger partial charge in [0.2, 0.25) is 0 Å². The standard InChI is InChI=1S/C15H22O2/c1-2-10-17-13-7-5-6-12(11-13)14-8-3-4-9-15(14)16/h5-7,11,14-16H,2-4,8-10H2,1H3/t14-,15+/m0/s1. The molecule has 94 valence electrons. The Morgan fingerprint density at radius 3 is 2.88 bits per heavy atom. The Balaban J connectivity index is 2.08. The van der Waals surface area contributed by atoms with Crippen molar-refractivity contribution in [1.29, 1.82) is 0 Å². The summed E-state index contributed by atoms with van der Waals surface area (Å²) in [5.74, 6) is 1.23. The fraction of sp³-hybridized carbons (Fsp3) is 0.600. The molecule has 0 aliphatic heterocycles. The summed E-state index contributed by atoms with van der Waals surface area (Å²) in [6.45, 7) is 2.87. The summed E-state index contributed by atoms with van der Waals surface area (Å²) in [5, 5.41) is 10.0. The lowest BCUT2D eigenvalue weighted by Crippen LogP contribution is -2.22. The molecule has 0 saturated heterocycles. The maximum absolute atomic E-state index is 10.0. The quantitative estimate of drug-likeness (QED) is 0.864. The van der Waals surface area contributed by atoms with E-state index in [1.807, 2.05) is 12.1 Å². The maximum Gasteiger partial charge on any atom is 0.119 e. The second-order valence-corrected chi connectivity index (χ2v) is 4.88. The van der Waals surface area contributed by atoms with E-state index in [9.17, 15) is 5.11 Å². The van der Waals surface area contributed by atoms with Gasteiger partial charge in [0, 0.05) is 5.92 Å². The minimum Gasteiger partial charge on any atom is -0.494 e. The first-order valence-electron chi connectivity index (χ1n) is 6.72. The number of aliphatic hydroxyl groups is 1. The van der Waals surface area contributed by atoms with Gasteiger partial charge in [-0.1, -0.05) is 31.9 Å². The Bertz CT molecular complexity index is 349. The van der Waals surface area contributed by atoms with E-state index in [4.69, 9.17) is 4.74 Å². The van der Waals surface area contributed by atoms with E-state index in [-0.39, 0.29) is 6.10 Å². The minimum absolute atomic E-state index is 0.176. The first-order valence-corrected chi connectivity index (χ1v) is 6.72. The molecular weight excluding hydrogens is 212 g/mol. The molecular formula is C15H22O2. The van der Waals surface area contributed by atoms with Crippen LogP contribution < -0.4 is 4.74 Å². The third-order valence-corrected chi connectivity index (χ3v) is 3.49. The molecule has 0 amide bonds. The third kappa shape index (κ3) is 3.22.